The number of amides is 2. The first-order valence-electron chi connectivity index (χ1n) is 9.65. The van der Waals surface area contributed by atoms with Crippen molar-refractivity contribution < 1.29 is 23.5 Å². The van der Waals surface area contributed by atoms with Gasteiger partial charge in [0.15, 0.2) is 0 Å². The zero-order valence-corrected chi connectivity index (χ0v) is 17.2. The SMILES string of the molecule is CCOC(=O)C=Cc1c(Oc2ccc(NC(=O)Nc3ccc(F)cc3)cc2)ccnc1N. The van der Waals surface area contributed by atoms with Gasteiger partial charge in [-0.3, -0.25) is 0 Å². The second kappa shape index (κ2) is 10.6. The molecule has 8 nitrogen and oxygen atoms in total. The maximum atomic E-state index is 12.9. The summed E-state index contributed by atoms with van der Waals surface area (Å²) in [7, 11) is 0. The van der Waals surface area contributed by atoms with Gasteiger partial charge >= 0.3 is 12.0 Å². The van der Waals surface area contributed by atoms with Crippen LogP contribution in [0.5, 0.6) is 11.5 Å². The molecule has 0 spiro atoms. The van der Waals surface area contributed by atoms with Crippen LogP contribution in [0.1, 0.15) is 12.5 Å². The third-order valence-corrected chi connectivity index (χ3v) is 4.10. The van der Waals surface area contributed by atoms with Gasteiger partial charge in [0.2, 0.25) is 0 Å². The number of ether oxygens (including phenoxy) is 2. The highest BCUT2D eigenvalue weighted by Gasteiger charge is 2.09. The van der Waals surface area contributed by atoms with Crippen LogP contribution in [0.15, 0.2) is 66.9 Å². The summed E-state index contributed by atoms with van der Waals surface area (Å²) >= 11 is 0. The number of carbonyl (C=O) groups is 2. The highest BCUT2D eigenvalue weighted by atomic mass is 19.1. The molecule has 0 atom stereocenters. The van der Waals surface area contributed by atoms with Gasteiger partial charge in [0, 0.05) is 23.6 Å². The van der Waals surface area contributed by atoms with Gasteiger partial charge in [-0.1, -0.05) is 0 Å². The van der Waals surface area contributed by atoms with E-state index in [4.69, 9.17) is 15.2 Å². The first-order chi connectivity index (χ1) is 15.4. The molecule has 0 fully saturated rings. The van der Waals surface area contributed by atoms with E-state index in [1.54, 1.807) is 37.3 Å². The van der Waals surface area contributed by atoms with Crippen molar-refractivity contribution in [1.29, 1.82) is 0 Å². The van der Waals surface area contributed by atoms with Gasteiger partial charge in [-0.05, 0) is 67.6 Å². The number of rotatable bonds is 7. The maximum Gasteiger partial charge on any atom is 0.330 e. The number of pyridine rings is 1. The molecule has 3 aromatic rings. The molecule has 1 aromatic heterocycles. The Morgan fingerprint density at radius 2 is 1.66 bits per heavy atom. The minimum absolute atomic E-state index is 0.193. The van der Waals surface area contributed by atoms with Crippen LogP contribution in [-0.4, -0.2) is 23.6 Å². The van der Waals surface area contributed by atoms with Crippen molar-refractivity contribution in [3.63, 3.8) is 0 Å². The van der Waals surface area contributed by atoms with Crippen LogP contribution in [0.25, 0.3) is 6.08 Å². The van der Waals surface area contributed by atoms with Crippen LogP contribution in [-0.2, 0) is 9.53 Å². The molecule has 32 heavy (non-hydrogen) atoms. The first-order valence-corrected chi connectivity index (χ1v) is 9.65. The lowest BCUT2D eigenvalue weighted by atomic mass is 10.2. The summed E-state index contributed by atoms with van der Waals surface area (Å²) in [5, 5.41) is 5.27. The van der Waals surface area contributed by atoms with E-state index in [0.29, 0.717) is 28.4 Å². The highest BCUT2D eigenvalue weighted by Crippen LogP contribution is 2.29. The lowest BCUT2D eigenvalue weighted by Gasteiger charge is -2.11. The van der Waals surface area contributed by atoms with Crippen molar-refractivity contribution >= 4 is 35.3 Å². The number of nitrogens with zero attached hydrogens (tertiary/aromatic N) is 1. The molecule has 4 N–H and O–H groups in total. The Kier molecular flexibility index (Phi) is 7.37. The summed E-state index contributed by atoms with van der Waals surface area (Å²) in [6.07, 6.45) is 4.21. The Labute approximate surface area is 183 Å². The summed E-state index contributed by atoms with van der Waals surface area (Å²) in [6, 6.07) is 13.2. The molecule has 9 heteroatoms. The van der Waals surface area contributed by atoms with Gasteiger partial charge in [0.25, 0.3) is 0 Å². The standard InChI is InChI=1S/C23H21FN4O4/c1-2-31-21(29)12-11-19-20(13-14-26-22(19)25)32-18-9-7-17(8-10-18)28-23(30)27-16-5-3-15(24)4-6-16/h3-14H,2H2,1H3,(H2,25,26)(H2,27,28,30). The second-order valence-corrected chi connectivity index (χ2v) is 6.41. The number of aromatic nitrogens is 1. The highest BCUT2D eigenvalue weighted by molar-refractivity contribution is 5.99. The number of hydrogen-bond acceptors (Lipinski definition) is 6. The number of carbonyl (C=O) groups excluding carboxylic acids is 2. The van der Waals surface area contributed by atoms with E-state index in [9.17, 15) is 14.0 Å². The first kappa shape index (κ1) is 22.3. The van der Waals surface area contributed by atoms with Crippen molar-refractivity contribution in [3.05, 3.63) is 78.3 Å². The molecule has 1 heterocycles. The predicted molar refractivity (Wildman–Crippen MR) is 120 cm³/mol. The fourth-order valence-corrected chi connectivity index (χ4v) is 2.63. The molecule has 164 valence electrons. The molecule has 0 aliphatic carbocycles. The Balaban J connectivity index is 1.65. The van der Waals surface area contributed by atoms with E-state index >= 15 is 0 Å². The minimum Gasteiger partial charge on any atom is -0.463 e. The number of hydrogen-bond donors (Lipinski definition) is 3. The smallest absolute Gasteiger partial charge is 0.330 e. The van der Waals surface area contributed by atoms with E-state index in [1.165, 1.54) is 42.6 Å². The zero-order valence-electron chi connectivity index (χ0n) is 17.2. The molecule has 2 aromatic carbocycles. The van der Waals surface area contributed by atoms with E-state index < -0.39 is 12.0 Å². The fraction of sp³-hybridized carbons (Fsp3) is 0.0870. The molecular formula is C23H21FN4O4. The topological polar surface area (TPSA) is 116 Å². The zero-order chi connectivity index (χ0) is 22.9. The van der Waals surface area contributed by atoms with Crippen LogP contribution in [0.2, 0.25) is 0 Å². The number of esters is 1. The average molecular weight is 436 g/mol. The monoisotopic (exact) mass is 436 g/mol. The summed E-state index contributed by atoms with van der Waals surface area (Å²) < 4.78 is 23.7. The molecule has 0 saturated carbocycles. The van der Waals surface area contributed by atoms with E-state index in [-0.39, 0.29) is 18.2 Å². The normalized spacial score (nSPS) is 10.6. The Bertz CT molecular complexity index is 1120. The summed E-state index contributed by atoms with van der Waals surface area (Å²) in [6.45, 7) is 1.97. The number of benzene rings is 2. The number of halogens is 1. The molecule has 0 radical (unpaired) electrons. The summed E-state index contributed by atoms with van der Waals surface area (Å²) in [5.74, 6) is 0.176. The van der Waals surface area contributed by atoms with E-state index in [0.717, 1.165) is 0 Å². The van der Waals surface area contributed by atoms with Gasteiger partial charge in [0.1, 0.15) is 23.1 Å². The molecule has 0 aliphatic rings. The van der Waals surface area contributed by atoms with Crippen molar-refractivity contribution in [2.75, 3.05) is 23.0 Å². The van der Waals surface area contributed by atoms with Crippen LogP contribution < -0.4 is 21.1 Å². The van der Waals surface area contributed by atoms with E-state index in [2.05, 4.69) is 15.6 Å². The van der Waals surface area contributed by atoms with Gasteiger partial charge in [-0.2, -0.15) is 0 Å². The quantitative estimate of drug-likeness (QED) is 0.361. The summed E-state index contributed by atoms with van der Waals surface area (Å²) in [4.78, 5) is 27.7. The largest absolute Gasteiger partial charge is 0.463 e. The van der Waals surface area contributed by atoms with Crippen LogP contribution >= 0.6 is 0 Å². The molecular weight excluding hydrogens is 415 g/mol. The molecule has 0 bridgehead atoms. The Morgan fingerprint density at radius 3 is 2.28 bits per heavy atom. The van der Waals surface area contributed by atoms with Gasteiger partial charge in [0.05, 0.1) is 12.2 Å². The number of anilines is 3. The van der Waals surface area contributed by atoms with Gasteiger partial charge in [-0.25, -0.2) is 19.0 Å². The predicted octanol–water partition coefficient (Wildman–Crippen LogP) is 4.82. The summed E-state index contributed by atoms with van der Waals surface area (Å²) in [5.41, 5.74) is 7.33. The van der Waals surface area contributed by atoms with Crippen molar-refractivity contribution in [3.8, 4) is 11.5 Å². The van der Waals surface area contributed by atoms with Gasteiger partial charge < -0.3 is 25.8 Å². The lowest BCUT2D eigenvalue weighted by Crippen LogP contribution is -2.19. The number of nitrogen functional groups attached to an aromatic ring is 1. The molecule has 3 rings (SSSR count). The number of urea groups is 1. The maximum absolute atomic E-state index is 12.9. The fourth-order valence-electron chi connectivity index (χ4n) is 2.63. The van der Waals surface area contributed by atoms with Crippen LogP contribution in [0.3, 0.4) is 0 Å². The van der Waals surface area contributed by atoms with Crippen molar-refractivity contribution in [2.24, 2.45) is 0 Å². The molecule has 2 amide bonds. The average Bonchev–Trinajstić information content (AvgIpc) is 2.76. The third-order valence-electron chi connectivity index (χ3n) is 4.10. The second-order valence-electron chi connectivity index (χ2n) is 6.41. The van der Waals surface area contributed by atoms with Crippen molar-refractivity contribution in [2.45, 2.75) is 6.92 Å². The molecule has 0 unspecified atom stereocenters. The third kappa shape index (κ3) is 6.30. The lowest BCUT2D eigenvalue weighted by molar-refractivity contribution is -0.137. The van der Waals surface area contributed by atoms with E-state index in [1.807, 2.05) is 0 Å². The minimum atomic E-state index is -0.504. The Morgan fingerprint density at radius 1 is 1.03 bits per heavy atom. The van der Waals surface area contributed by atoms with Crippen molar-refractivity contribution in [1.82, 2.24) is 4.98 Å². The molecule has 0 saturated heterocycles. The van der Waals surface area contributed by atoms with Crippen LogP contribution in [0, 0.1) is 5.82 Å². The van der Waals surface area contributed by atoms with Crippen LogP contribution in [0.4, 0.5) is 26.4 Å². The van der Waals surface area contributed by atoms with Gasteiger partial charge in [-0.15, -0.1) is 0 Å². The number of nitrogens with one attached hydrogen (secondary N) is 2. The molecule has 0 aliphatic heterocycles. The Hall–Kier alpha value is -4.40. The number of nitrogens with two attached hydrogens (primary N) is 1.